The van der Waals surface area contributed by atoms with Crippen molar-refractivity contribution in [3.63, 3.8) is 0 Å². The molecule has 84 valence electrons. The summed E-state index contributed by atoms with van der Waals surface area (Å²) in [5, 5.41) is 0. The molecular weight excluding hydrogens is 200 g/mol. The van der Waals surface area contributed by atoms with Crippen LogP contribution in [-0.2, 0) is 4.79 Å². The SMILES string of the molecule is CC(C)(CN)CC(=O)N1CCCC1.Cl. The number of hydrogen-bond acceptors (Lipinski definition) is 2. The van der Waals surface area contributed by atoms with E-state index < -0.39 is 0 Å². The Labute approximate surface area is 92.4 Å². The van der Waals surface area contributed by atoms with Gasteiger partial charge in [0.25, 0.3) is 0 Å². The first kappa shape index (κ1) is 13.7. The third kappa shape index (κ3) is 3.84. The minimum Gasteiger partial charge on any atom is -0.343 e. The van der Waals surface area contributed by atoms with Crippen LogP contribution < -0.4 is 5.73 Å². The van der Waals surface area contributed by atoms with E-state index in [1.54, 1.807) is 0 Å². The van der Waals surface area contributed by atoms with Gasteiger partial charge in [-0.2, -0.15) is 0 Å². The number of nitrogens with zero attached hydrogens (tertiary/aromatic N) is 1. The van der Waals surface area contributed by atoms with E-state index in [1.165, 1.54) is 0 Å². The van der Waals surface area contributed by atoms with Gasteiger partial charge in [-0.1, -0.05) is 13.8 Å². The van der Waals surface area contributed by atoms with Crippen molar-refractivity contribution in [3.8, 4) is 0 Å². The van der Waals surface area contributed by atoms with Crippen molar-refractivity contribution >= 4 is 18.3 Å². The monoisotopic (exact) mass is 220 g/mol. The molecular formula is C10H21ClN2O. The van der Waals surface area contributed by atoms with Crippen LogP contribution >= 0.6 is 12.4 Å². The maximum atomic E-state index is 11.7. The number of carbonyl (C=O) groups is 1. The first-order chi connectivity index (χ1) is 6.05. The first-order valence-corrected chi connectivity index (χ1v) is 5.03. The van der Waals surface area contributed by atoms with Gasteiger partial charge in [0.1, 0.15) is 0 Å². The molecule has 1 aliphatic heterocycles. The fourth-order valence-corrected chi connectivity index (χ4v) is 1.56. The number of halogens is 1. The zero-order chi connectivity index (χ0) is 9.90. The predicted octanol–water partition coefficient (Wildman–Crippen LogP) is 1.41. The predicted molar refractivity (Wildman–Crippen MR) is 60.5 cm³/mol. The van der Waals surface area contributed by atoms with Crippen LogP contribution in [0.3, 0.4) is 0 Å². The molecule has 0 aromatic heterocycles. The lowest BCUT2D eigenvalue weighted by Crippen LogP contribution is -2.34. The average Bonchev–Trinajstić information content (AvgIpc) is 2.55. The van der Waals surface area contributed by atoms with Crippen LogP contribution in [0.1, 0.15) is 33.1 Å². The smallest absolute Gasteiger partial charge is 0.223 e. The Balaban J connectivity index is 0.00000169. The third-order valence-corrected chi connectivity index (χ3v) is 2.64. The summed E-state index contributed by atoms with van der Waals surface area (Å²) in [4.78, 5) is 13.6. The van der Waals surface area contributed by atoms with Gasteiger partial charge < -0.3 is 10.6 Å². The maximum absolute atomic E-state index is 11.7. The lowest BCUT2D eigenvalue weighted by atomic mass is 9.89. The van der Waals surface area contributed by atoms with E-state index in [2.05, 4.69) is 0 Å². The molecule has 14 heavy (non-hydrogen) atoms. The second-order valence-corrected chi connectivity index (χ2v) is 4.63. The minimum absolute atomic E-state index is 0. The molecule has 1 fully saturated rings. The molecule has 0 bridgehead atoms. The molecule has 1 heterocycles. The Morgan fingerprint density at radius 3 is 2.29 bits per heavy atom. The van der Waals surface area contributed by atoms with E-state index in [0.717, 1.165) is 25.9 Å². The maximum Gasteiger partial charge on any atom is 0.223 e. The molecule has 0 aromatic rings. The molecule has 0 atom stereocenters. The largest absolute Gasteiger partial charge is 0.343 e. The van der Waals surface area contributed by atoms with Crippen molar-refractivity contribution in [1.29, 1.82) is 0 Å². The molecule has 0 saturated carbocycles. The Hall–Kier alpha value is -0.280. The Bertz CT molecular complexity index is 189. The normalized spacial score (nSPS) is 16.6. The van der Waals surface area contributed by atoms with Gasteiger partial charge >= 0.3 is 0 Å². The molecule has 1 aliphatic rings. The van der Waals surface area contributed by atoms with Crippen molar-refractivity contribution in [2.75, 3.05) is 19.6 Å². The van der Waals surface area contributed by atoms with Crippen molar-refractivity contribution in [2.45, 2.75) is 33.1 Å². The molecule has 3 nitrogen and oxygen atoms in total. The van der Waals surface area contributed by atoms with Crippen LogP contribution in [0.15, 0.2) is 0 Å². The summed E-state index contributed by atoms with van der Waals surface area (Å²) >= 11 is 0. The second kappa shape index (κ2) is 5.56. The number of hydrogen-bond donors (Lipinski definition) is 1. The second-order valence-electron chi connectivity index (χ2n) is 4.63. The molecule has 1 amide bonds. The van der Waals surface area contributed by atoms with Crippen molar-refractivity contribution in [1.82, 2.24) is 4.90 Å². The van der Waals surface area contributed by atoms with Crippen LogP contribution in [0.2, 0.25) is 0 Å². The number of rotatable bonds is 3. The first-order valence-electron chi connectivity index (χ1n) is 5.03. The Morgan fingerprint density at radius 1 is 1.36 bits per heavy atom. The summed E-state index contributed by atoms with van der Waals surface area (Å²) in [5.74, 6) is 0.271. The fourth-order valence-electron chi connectivity index (χ4n) is 1.56. The van der Waals surface area contributed by atoms with Crippen molar-refractivity contribution < 1.29 is 4.79 Å². The van der Waals surface area contributed by atoms with Gasteiger partial charge in [0.05, 0.1) is 0 Å². The van der Waals surface area contributed by atoms with Crippen molar-refractivity contribution in [3.05, 3.63) is 0 Å². The van der Waals surface area contributed by atoms with Gasteiger partial charge in [0, 0.05) is 19.5 Å². The van der Waals surface area contributed by atoms with E-state index in [1.807, 2.05) is 18.7 Å². The van der Waals surface area contributed by atoms with E-state index in [9.17, 15) is 4.79 Å². The number of nitrogens with two attached hydrogens (primary N) is 1. The molecule has 0 radical (unpaired) electrons. The number of amides is 1. The molecule has 0 aromatic carbocycles. The van der Waals surface area contributed by atoms with Gasteiger partial charge in [-0.3, -0.25) is 4.79 Å². The van der Waals surface area contributed by atoms with Crippen LogP contribution in [0.5, 0.6) is 0 Å². The molecule has 0 spiro atoms. The molecule has 0 unspecified atom stereocenters. The summed E-state index contributed by atoms with van der Waals surface area (Å²) < 4.78 is 0. The number of carbonyl (C=O) groups excluding carboxylic acids is 1. The lowest BCUT2D eigenvalue weighted by molar-refractivity contribution is -0.132. The quantitative estimate of drug-likeness (QED) is 0.782. The fraction of sp³-hybridized carbons (Fsp3) is 0.900. The Morgan fingerprint density at radius 2 is 1.86 bits per heavy atom. The summed E-state index contributed by atoms with van der Waals surface area (Å²) in [5.41, 5.74) is 5.54. The van der Waals surface area contributed by atoms with Crippen LogP contribution in [0.25, 0.3) is 0 Å². The van der Waals surface area contributed by atoms with Crippen LogP contribution in [-0.4, -0.2) is 30.4 Å². The topological polar surface area (TPSA) is 46.3 Å². The van der Waals surface area contributed by atoms with E-state index in [4.69, 9.17) is 5.73 Å². The third-order valence-electron chi connectivity index (χ3n) is 2.64. The molecule has 2 N–H and O–H groups in total. The lowest BCUT2D eigenvalue weighted by Gasteiger charge is -2.25. The van der Waals surface area contributed by atoms with Gasteiger partial charge in [0.2, 0.25) is 5.91 Å². The van der Waals surface area contributed by atoms with Gasteiger partial charge in [0.15, 0.2) is 0 Å². The standard InChI is InChI=1S/C10H20N2O.ClH/c1-10(2,8-11)7-9(13)12-5-3-4-6-12;/h3-8,11H2,1-2H3;1H. The highest BCUT2D eigenvalue weighted by Crippen LogP contribution is 2.21. The average molecular weight is 221 g/mol. The van der Waals surface area contributed by atoms with Crippen LogP contribution in [0.4, 0.5) is 0 Å². The summed E-state index contributed by atoms with van der Waals surface area (Å²) in [7, 11) is 0. The van der Waals surface area contributed by atoms with Gasteiger partial charge in [-0.05, 0) is 24.8 Å². The molecule has 1 rings (SSSR count). The van der Waals surface area contributed by atoms with Gasteiger partial charge in [-0.15, -0.1) is 12.4 Å². The number of likely N-dealkylation sites (tertiary alicyclic amines) is 1. The van der Waals surface area contributed by atoms with Crippen molar-refractivity contribution in [2.24, 2.45) is 11.1 Å². The Kier molecular flexibility index (Phi) is 5.45. The zero-order valence-electron chi connectivity index (χ0n) is 9.08. The van der Waals surface area contributed by atoms with Crippen LogP contribution in [0, 0.1) is 5.41 Å². The zero-order valence-corrected chi connectivity index (χ0v) is 9.90. The van der Waals surface area contributed by atoms with Gasteiger partial charge in [-0.25, -0.2) is 0 Å². The van der Waals surface area contributed by atoms with E-state index in [-0.39, 0.29) is 23.7 Å². The van der Waals surface area contributed by atoms with E-state index in [0.29, 0.717) is 13.0 Å². The summed E-state index contributed by atoms with van der Waals surface area (Å²) in [6.07, 6.45) is 2.91. The molecule has 0 aliphatic carbocycles. The highest BCUT2D eigenvalue weighted by Gasteiger charge is 2.25. The highest BCUT2D eigenvalue weighted by atomic mass is 35.5. The summed E-state index contributed by atoms with van der Waals surface area (Å²) in [6, 6.07) is 0. The minimum atomic E-state index is -0.0420. The molecule has 4 heteroatoms. The summed E-state index contributed by atoms with van der Waals surface area (Å²) in [6.45, 7) is 6.55. The molecule has 1 saturated heterocycles. The van der Waals surface area contributed by atoms with E-state index >= 15 is 0 Å². The highest BCUT2D eigenvalue weighted by molar-refractivity contribution is 5.85.